The number of aromatic nitrogens is 2. The van der Waals surface area contributed by atoms with Crippen molar-refractivity contribution in [2.75, 3.05) is 40.3 Å². The fourth-order valence-electron chi connectivity index (χ4n) is 3.72. The first-order valence-electron chi connectivity index (χ1n) is 10.3. The molecule has 1 unspecified atom stereocenters. The maximum absolute atomic E-state index is 12.5. The van der Waals surface area contributed by atoms with E-state index in [1.54, 1.807) is 12.1 Å². The van der Waals surface area contributed by atoms with Crippen LogP contribution in [-0.2, 0) is 6.61 Å². The Morgan fingerprint density at radius 3 is 2.73 bits per heavy atom. The van der Waals surface area contributed by atoms with E-state index < -0.39 is 0 Å². The van der Waals surface area contributed by atoms with Crippen LogP contribution in [0.1, 0.15) is 21.6 Å². The van der Waals surface area contributed by atoms with Crippen molar-refractivity contribution in [2.45, 2.75) is 19.6 Å². The highest BCUT2D eigenvalue weighted by Crippen LogP contribution is 2.15. The molecule has 0 bridgehead atoms. The van der Waals surface area contributed by atoms with Crippen LogP contribution in [-0.4, -0.2) is 71.4 Å². The number of aryl methyl sites for hydroxylation is 1. The Morgan fingerprint density at radius 1 is 1.13 bits per heavy atom. The quantitative estimate of drug-likeness (QED) is 0.679. The molecule has 1 aromatic carbocycles. The minimum absolute atomic E-state index is 0.0566. The fourth-order valence-corrected chi connectivity index (χ4v) is 3.72. The number of pyridine rings is 1. The zero-order valence-corrected chi connectivity index (χ0v) is 17.8. The van der Waals surface area contributed by atoms with E-state index in [1.807, 2.05) is 41.1 Å². The van der Waals surface area contributed by atoms with E-state index in [4.69, 9.17) is 4.74 Å². The first-order chi connectivity index (χ1) is 14.5. The summed E-state index contributed by atoms with van der Waals surface area (Å²) in [6, 6.07) is 11.6. The number of rotatable bonds is 6. The third kappa shape index (κ3) is 4.80. The number of imidazole rings is 1. The molecule has 4 rings (SSSR count). The molecule has 1 fully saturated rings. The molecule has 7 nitrogen and oxygen atoms in total. The van der Waals surface area contributed by atoms with Gasteiger partial charge in [0.1, 0.15) is 18.0 Å². The van der Waals surface area contributed by atoms with E-state index in [0.29, 0.717) is 30.5 Å². The number of ether oxygens (including phenoxy) is 1. The van der Waals surface area contributed by atoms with Crippen molar-refractivity contribution in [3.63, 3.8) is 0 Å². The smallest absolute Gasteiger partial charge is 0.251 e. The maximum Gasteiger partial charge on any atom is 0.251 e. The van der Waals surface area contributed by atoms with Crippen LogP contribution in [0.15, 0.2) is 48.8 Å². The van der Waals surface area contributed by atoms with Gasteiger partial charge in [-0.25, -0.2) is 4.98 Å². The van der Waals surface area contributed by atoms with Crippen molar-refractivity contribution in [2.24, 2.45) is 0 Å². The van der Waals surface area contributed by atoms with Crippen molar-refractivity contribution in [1.82, 2.24) is 24.5 Å². The lowest BCUT2D eigenvalue weighted by molar-refractivity contribution is 0.0881. The molecule has 30 heavy (non-hydrogen) atoms. The Hall–Kier alpha value is -2.90. The molecule has 1 N–H and O–H groups in total. The molecule has 0 radical (unpaired) electrons. The zero-order chi connectivity index (χ0) is 21.1. The third-order valence-electron chi connectivity index (χ3n) is 5.63. The molecule has 0 aliphatic carbocycles. The number of piperazine rings is 1. The minimum Gasteiger partial charge on any atom is -0.487 e. The molecular weight excluding hydrogens is 378 g/mol. The normalized spacial score (nSPS) is 17.9. The van der Waals surface area contributed by atoms with Crippen LogP contribution in [0, 0.1) is 6.92 Å². The summed E-state index contributed by atoms with van der Waals surface area (Å²) in [4.78, 5) is 21.7. The van der Waals surface area contributed by atoms with Crippen LogP contribution in [0.4, 0.5) is 0 Å². The molecule has 158 valence electrons. The van der Waals surface area contributed by atoms with Crippen LogP contribution in [0.5, 0.6) is 5.75 Å². The summed E-state index contributed by atoms with van der Waals surface area (Å²) < 4.78 is 7.85. The molecule has 0 saturated carbocycles. The van der Waals surface area contributed by atoms with Gasteiger partial charge in [-0.3, -0.25) is 9.69 Å². The summed E-state index contributed by atoms with van der Waals surface area (Å²) in [7, 11) is 4.23. The van der Waals surface area contributed by atoms with Gasteiger partial charge in [-0.1, -0.05) is 6.07 Å². The number of nitrogens with one attached hydrogen (secondary N) is 1. The summed E-state index contributed by atoms with van der Waals surface area (Å²) in [6.45, 7) is 6.14. The Labute approximate surface area is 177 Å². The SMILES string of the molecule is Cc1ccc2nc(COc3ccc(C(=O)NCC4CN(C)CCN4C)cc3)cn2c1. The summed E-state index contributed by atoms with van der Waals surface area (Å²) >= 11 is 0. The van der Waals surface area contributed by atoms with Crippen molar-refractivity contribution in [3.8, 4) is 5.75 Å². The van der Waals surface area contributed by atoms with E-state index in [1.165, 1.54) is 5.56 Å². The van der Waals surface area contributed by atoms with E-state index in [9.17, 15) is 4.79 Å². The van der Waals surface area contributed by atoms with Gasteiger partial charge in [0.25, 0.3) is 5.91 Å². The van der Waals surface area contributed by atoms with Crippen molar-refractivity contribution in [1.29, 1.82) is 0 Å². The van der Waals surface area contributed by atoms with Gasteiger partial charge in [-0.15, -0.1) is 0 Å². The fraction of sp³-hybridized carbons (Fsp3) is 0.391. The standard InChI is InChI=1S/C23H29N5O2/c1-17-4-9-22-25-19(14-28(22)13-17)16-30-21-7-5-18(6-8-21)23(29)24-12-20-15-26(2)10-11-27(20)3/h4-9,13-14,20H,10-12,15-16H2,1-3H3,(H,24,29). The van der Waals surface area contributed by atoms with Crippen LogP contribution in [0.25, 0.3) is 5.65 Å². The second kappa shape index (κ2) is 8.85. The highest BCUT2D eigenvalue weighted by molar-refractivity contribution is 5.94. The predicted molar refractivity (Wildman–Crippen MR) is 117 cm³/mol. The van der Waals surface area contributed by atoms with Gasteiger partial charge in [-0.05, 0) is 56.9 Å². The molecule has 1 aliphatic heterocycles. The highest BCUT2D eigenvalue weighted by atomic mass is 16.5. The summed E-state index contributed by atoms with van der Waals surface area (Å²) in [5.41, 5.74) is 3.59. The van der Waals surface area contributed by atoms with Crippen LogP contribution in [0.2, 0.25) is 0 Å². The van der Waals surface area contributed by atoms with Gasteiger partial charge in [0.05, 0.1) is 5.69 Å². The monoisotopic (exact) mass is 407 g/mol. The second-order valence-electron chi connectivity index (χ2n) is 8.12. The summed E-state index contributed by atoms with van der Waals surface area (Å²) in [6.07, 6.45) is 4.02. The van der Waals surface area contributed by atoms with Gasteiger partial charge < -0.3 is 19.4 Å². The lowest BCUT2D eigenvalue weighted by Gasteiger charge is -2.37. The topological polar surface area (TPSA) is 62.1 Å². The lowest BCUT2D eigenvalue weighted by atomic mass is 10.1. The number of hydrogen-bond donors (Lipinski definition) is 1. The molecule has 2 aromatic heterocycles. The average Bonchev–Trinajstić information content (AvgIpc) is 3.15. The van der Waals surface area contributed by atoms with Crippen molar-refractivity contribution >= 4 is 11.6 Å². The first kappa shape index (κ1) is 20.4. The number of likely N-dealkylation sites (N-methyl/N-ethyl adjacent to an activating group) is 2. The van der Waals surface area contributed by atoms with Crippen molar-refractivity contribution < 1.29 is 9.53 Å². The Kier molecular flexibility index (Phi) is 6.01. The number of carbonyl (C=O) groups excluding carboxylic acids is 1. The van der Waals surface area contributed by atoms with E-state index in [2.05, 4.69) is 41.1 Å². The first-order valence-corrected chi connectivity index (χ1v) is 10.3. The van der Waals surface area contributed by atoms with Gasteiger partial charge >= 0.3 is 0 Å². The van der Waals surface area contributed by atoms with Crippen LogP contribution in [0.3, 0.4) is 0 Å². The molecule has 0 spiro atoms. The molecule has 1 aliphatic rings. The molecule has 3 aromatic rings. The largest absolute Gasteiger partial charge is 0.487 e. The summed E-state index contributed by atoms with van der Waals surface area (Å²) in [5, 5.41) is 3.06. The van der Waals surface area contributed by atoms with Crippen molar-refractivity contribution in [3.05, 3.63) is 65.6 Å². The van der Waals surface area contributed by atoms with Crippen LogP contribution >= 0.6 is 0 Å². The highest BCUT2D eigenvalue weighted by Gasteiger charge is 2.22. The second-order valence-corrected chi connectivity index (χ2v) is 8.12. The number of benzene rings is 1. The maximum atomic E-state index is 12.5. The van der Waals surface area contributed by atoms with E-state index in [-0.39, 0.29) is 5.91 Å². The molecule has 7 heteroatoms. The Morgan fingerprint density at radius 2 is 1.93 bits per heavy atom. The molecule has 1 amide bonds. The summed E-state index contributed by atoms with van der Waals surface area (Å²) in [5.74, 6) is 0.660. The van der Waals surface area contributed by atoms with E-state index in [0.717, 1.165) is 31.0 Å². The third-order valence-corrected chi connectivity index (χ3v) is 5.63. The van der Waals surface area contributed by atoms with Crippen LogP contribution < -0.4 is 10.1 Å². The van der Waals surface area contributed by atoms with Gasteiger partial charge in [0.2, 0.25) is 0 Å². The minimum atomic E-state index is -0.0566. The number of amides is 1. The lowest BCUT2D eigenvalue weighted by Crippen LogP contribution is -2.54. The molecular formula is C23H29N5O2. The Balaban J connectivity index is 1.30. The average molecular weight is 408 g/mol. The number of fused-ring (bicyclic) bond motifs is 1. The zero-order valence-electron chi connectivity index (χ0n) is 17.8. The molecule has 1 atom stereocenters. The predicted octanol–water partition coefficient (Wildman–Crippen LogP) is 2.20. The number of nitrogens with zero attached hydrogens (tertiary/aromatic N) is 4. The van der Waals surface area contributed by atoms with Gasteiger partial charge in [0.15, 0.2) is 0 Å². The molecule has 1 saturated heterocycles. The van der Waals surface area contributed by atoms with E-state index >= 15 is 0 Å². The Bertz CT molecular complexity index is 1010. The number of carbonyl (C=O) groups is 1. The number of hydrogen-bond acceptors (Lipinski definition) is 5. The van der Waals surface area contributed by atoms with Gasteiger partial charge in [0, 0.05) is 50.2 Å². The molecule has 3 heterocycles. The van der Waals surface area contributed by atoms with Gasteiger partial charge in [-0.2, -0.15) is 0 Å².